The van der Waals surface area contributed by atoms with Gasteiger partial charge in [0, 0.05) is 24.7 Å². The van der Waals surface area contributed by atoms with Gasteiger partial charge in [-0.25, -0.2) is 0 Å². The maximum Gasteiger partial charge on any atom is 0.0431 e. The van der Waals surface area contributed by atoms with E-state index in [0.29, 0.717) is 12.6 Å². The summed E-state index contributed by atoms with van der Waals surface area (Å²) in [7, 11) is 0. The fourth-order valence-electron chi connectivity index (χ4n) is 1.55. The summed E-state index contributed by atoms with van der Waals surface area (Å²) >= 11 is 0. The van der Waals surface area contributed by atoms with Gasteiger partial charge in [0.1, 0.15) is 0 Å². The summed E-state index contributed by atoms with van der Waals surface area (Å²) in [5.74, 6) is 0. The third kappa shape index (κ3) is 2.73. The number of rotatable bonds is 6. The second-order valence-electron chi connectivity index (χ2n) is 3.90. The summed E-state index contributed by atoms with van der Waals surface area (Å²) in [6, 6.07) is 0.489. The Bertz CT molecular complexity index is 134. The fraction of sp³-hybridized carbons (Fsp3) is 1.00. The van der Waals surface area contributed by atoms with E-state index in [2.05, 4.69) is 12.2 Å². The van der Waals surface area contributed by atoms with Crippen molar-refractivity contribution in [2.45, 2.75) is 44.2 Å². The van der Waals surface area contributed by atoms with Crippen LogP contribution in [0.15, 0.2) is 0 Å². The molecular formula is C9H20N2O. The van der Waals surface area contributed by atoms with Crippen LogP contribution in [0.25, 0.3) is 0 Å². The van der Waals surface area contributed by atoms with Gasteiger partial charge in [0.25, 0.3) is 0 Å². The molecule has 0 spiro atoms. The van der Waals surface area contributed by atoms with Crippen molar-refractivity contribution in [3.8, 4) is 0 Å². The van der Waals surface area contributed by atoms with Crippen molar-refractivity contribution >= 4 is 0 Å². The van der Waals surface area contributed by atoms with Gasteiger partial charge in [-0.2, -0.15) is 0 Å². The molecule has 0 radical (unpaired) electrons. The van der Waals surface area contributed by atoms with Crippen LogP contribution in [-0.4, -0.2) is 29.8 Å². The number of hydrogen-bond donors (Lipinski definition) is 3. The first-order valence-corrected chi connectivity index (χ1v) is 4.81. The monoisotopic (exact) mass is 172 g/mol. The van der Waals surface area contributed by atoms with Gasteiger partial charge in [-0.1, -0.05) is 0 Å². The first-order valence-electron chi connectivity index (χ1n) is 4.81. The van der Waals surface area contributed by atoms with E-state index in [1.165, 1.54) is 12.8 Å². The van der Waals surface area contributed by atoms with Gasteiger partial charge in [-0.15, -0.1) is 0 Å². The zero-order valence-electron chi connectivity index (χ0n) is 7.84. The normalized spacial score (nSPS) is 22.2. The quantitative estimate of drug-likeness (QED) is 0.537. The van der Waals surface area contributed by atoms with Crippen molar-refractivity contribution in [3.05, 3.63) is 0 Å². The fourth-order valence-corrected chi connectivity index (χ4v) is 1.55. The first-order chi connectivity index (χ1) is 5.72. The first kappa shape index (κ1) is 9.96. The van der Waals surface area contributed by atoms with E-state index in [-0.39, 0.29) is 5.54 Å². The van der Waals surface area contributed by atoms with Crippen LogP contribution in [-0.2, 0) is 0 Å². The summed E-state index contributed by atoms with van der Waals surface area (Å²) in [5, 5.41) is 12.1. The van der Waals surface area contributed by atoms with Gasteiger partial charge in [-0.05, 0) is 32.6 Å². The standard InChI is InChI=1S/C9H20N2O/c1-8(3-2-6-12)11-9(7-10)4-5-9/h8,11-12H,2-7,10H2,1H3. The van der Waals surface area contributed by atoms with Crippen LogP contribution in [0, 0.1) is 0 Å². The van der Waals surface area contributed by atoms with Crippen LogP contribution < -0.4 is 11.1 Å². The van der Waals surface area contributed by atoms with E-state index in [9.17, 15) is 0 Å². The summed E-state index contributed by atoms with van der Waals surface area (Å²) in [6.07, 6.45) is 4.35. The lowest BCUT2D eigenvalue weighted by Gasteiger charge is -2.20. The smallest absolute Gasteiger partial charge is 0.0431 e. The molecule has 3 heteroatoms. The lowest BCUT2D eigenvalue weighted by atomic mass is 10.1. The Balaban J connectivity index is 2.13. The number of nitrogens with one attached hydrogen (secondary N) is 1. The predicted octanol–water partition coefficient (Wildman–Crippen LogP) is 0.228. The second-order valence-corrected chi connectivity index (χ2v) is 3.90. The molecule has 1 saturated carbocycles. The summed E-state index contributed by atoms with van der Waals surface area (Å²) in [4.78, 5) is 0. The molecule has 0 aromatic carbocycles. The van der Waals surface area contributed by atoms with Crippen molar-refractivity contribution in [2.75, 3.05) is 13.2 Å². The number of aliphatic hydroxyl groups is 1. The van der Waals surface area contributed by atoms with Gasteiger partial charge in [0.2, 0.25) is 0 Å². The van der Waals surface area contributed by atoms with Gasteiger partial charge < -0.3 is 16.2 Å². The highest BCUT2D eigenvalue weighted by Crippen LogP contribution is 2.34. The maximum absolute atomic E-state index is 8.63. The molecule has 3 nitrogen and oxygen atoms in total. The lowest BCUT2D eigenvalue weighted by molar-refractivity contribution is 0.272. The Morgan fingerprint density at radius 1 is 1.58 bits per heavy atom. The van der Waals surface area contributed by atoms with Crippen molar-refractivity contribution < 1.29 is 5.11 Å². The van der Waals surface area contributed by atoms with E-state index in [1.807, 2.05) is 0 Å². The van der Waals surface area contributed by atoms with Crippen molar-refractivity contribution in [1.29, 1.82) is 0 Å². The molecule has 1 aliphatic rings. The molecule has 0 bridgehead atoms. The van der Waals surface area contributed by atoms with E-state index < -0.39 is 0 Å². The minimum atomic E-state index is 0.259. The molecule has 12 heavy (non-hydrogen) atoms. The number of aliphatic hydroxyl groups excluding tert-OH is 1. The van der Waals surface area contributed by atoms with Crippen LogP contribution >= 0.6 is 0 Å². The highest BCUT2D eigenvalue weighted by molar-refractivity contribution is 5.03. The average Bonchev–Trinajstić information content (AvgIpc) is 2.82. The molecule has 0 amide bonds. The Hall–Kier alpha value is -0.120. The zero-order valence-corrected chi connectivity index (χ0v) is 7.84. The molecule has 4 N–H and O–H groups in total. The van der Waals surface area contributed by atoms with Gasteiger partial charge >= 0.3 is 0 Å². The Morgan fingerprint density at radius 2 is 2.25 bits per heavy atom. The summed E-state index contributed by atoms with van der Waals surface area (Å²) < 4.78 is 0. The third-order valence-electron chi connectivity index (χ3n) is 2.59. The molecule has 1 aliphatic carbocycles. The van der Waals surface area contributed by atoms with Crippen LogP contribution in [0.5, 0.6) is 0 Å². The highest BCUT2D eigenvalue weighted by atomic mass is 16.2. The number of hydrogen-bond acceptors (Lipinski definition) is 3. The molecule has 0 saturated heterocycles. The largest absolute Gasteiger partial charge is 0.396 e. The van der Waals surface area contributed by atoms with Crippen LogP contribution in [0.4, 0.5) is 0 Å². The maximum atomic E-state index is 8.63. The predicted molar refractivity (Wildman–Crippen MR) is 49.9 cm³/mol. The molecule has 72 valence electrons. The minimum absolute atomic E-state index is 0.259. The SMILES string of the molecule is CC(CCCO)NC1(CN)CC1. The lowest BCUT2D eigenvalue weighted by Crippen LogP contribution is -2.43. The molecule has 1 atom stereocenters. The molecular weight excluding hydrogens is 152 g/mol. The molecule has 0 heterocycles. The highest BCUT2D eigenvalue weighted by Gasteiger charge is 2.41. The molecule has 1 unspecified atom stereocenters. The Kier molecular flexibility index (Phi) is 3.50. The van der Waals surface area contributed by atoms with Crippen LogP contribution in [0.3, 0.4) is 0 Å². The summed E-state index contributed by atoms with van der Waals surface area (Å²) in [5.41, 5.74) is 5.89. The van der Waals surface area contributed by atoms with Crippen LogP contribution in [0.2, 0.25) is 0 Å². The number of nitrogens with two attached hydrogens (primary N) is 1. The van der Waals surface area contributed by atoms with Crippen molar-refractivity contribution in [1.82, 2.24) is 5.32 Å². The average molecular weight is 172 g/mol. The second kappa shape index (κ2) is 4.21. The third-order valence-corrected chi connectivity index (χ3v) is 2.59. The van der Waals surface area contributed by atoms with Crippen molar-refractivity contribution in [2.24, 2.45) is 5.73 Å². The van der Waals surface area contributed by atoms with Gasteiger partial charge in [-0.3, -0.25) is 0 Å². The molecule has 0 aromatic rings. The summed E-state index contributed by atoms with van der Waals surface area (Å²) in [6.45, 7) is 3.20. The molecule has 1 fully saturated rings. The molecule has 0 aliphatic heterocycles. The Labute approximate surface area is 74.3 Å². The van der Waals surface area contributed by atoms with E-state index in [4.69, 9.17) is 10.8 Å². The topological polar surface area (TPSA) is 58.3 Å². The molecule has 0 aromatic heterocycles. The minimum Gasteiger partial charge on any atom is -0.396 e. The zero-order chi connectivity index (χ0) is 9.03. The molecule has 1 rings (SSSR count). The van der Waals surface area contributed by atoms with Gasteiger partial charge in [0.05, 0.1) is 0 Å². The van der Waals surface area contributed by atoms with E-state index >= 15 is 0 Å². The van der Waals surface area contributed by atoms with E-state index in [1.54, 1.807) is 0 Å². The van der Waals surface area contributed by atoms with E-state index in [0.717, 1.165) is 19.4 Å². The van der Waals surface area contributed by atoms with Crippen molar-refractivity contribution in [3.63, 3.8) is 0 Å². The van der Waals surface area contributed by atoms with Gasteiger partial charge in [0.15, 0.2) is 0 Å². The van der Waals surface area contributed by atoms with Crippen LogP contribution in [0.1, 0.15) is 32.6 Å². The Morgan fingerprint density at radius 3 is 2.67 bits per heavy atom.